The molecule has 1 fully saturated rings. The summed E-state index contributed by atoms with van der Waals surface area (Å²) in [6.45, 7) is 1.98. The van der Waals surface area contributed by atoms with Gasteiger partial charge < -0.3 is 10.6 Å². The van der Waals surface area contributed by atoms with Crippen LogP contribution in [0.25, 0.3) is 16.8 Å². The number of nitrogens with one attached hydrogen (secondary N) is 2. The first-order valence-corrected chi connectivity index (χ1v) is 7.73. The molecule has 0 spiro atoms. The Morgan fingerprint density at radius 2 is 2.26 bits per heavy atom. The zero-order valence-electron chi connectivity index (χ0n) is 12.5. The lowest BCUT2D eigenvalue weighted by atomic mass is 10.1. The summed E-state index contributed by atoms with van der Waals surface area (Å²) in [5, 5.41) is 10.9. The summed E-state index contributed by atoms with van der Waals surface area (Å²) >= 11 is 0. The van der Waals surface area contributed by atoms with E-state index >= 15 is 0 Å². The van der Waals surface area contributed by atoms with Crippen LogP contribution in [-0.2, 0) is 0 Å². The molecule has 0 aliphatic carbocycles. The lowest BCUT2D eigenvalue weighted by molar-refractivity contribution is 0.479. The van der Waals surface area contributed by atoms with Gasteiger partial charge in [0.2, 0.25) is 0 Å². The van der Waals surface area contributed by atoms with Crippen molar-refractivity contribution in [3.8, 4) is 11.3 Å². The second-order valence-corrected chi connectivity index (χ2v) is 5.68. The van der Waals surface area contributed by atoms with E-state index in [-0.39, 0.29) is 5.82 Å². The predicted molar refractivity (Wildman–Crippen MR) is 85.7 cm³/mol. The van der Waals surface area contributed by atoms with Gasteiger partial charge in [0.1, 0.15) is 17.2 Å². The van der Waals surface area contributed by atoms with E-state index < -0.39 is 0 Å². The molecule has 0 aromatic carbocycles. The molecular weight excluding hydrogens is 295 g/mol. The zero-order valence-corrected chi connectivity index (χ0v) is 12.5. The van der Waals surface area contributed by atoms with Crippen LogP contribution in [0.3, 0.4) is 0 Å². The predicted octanol–water partition coefficient (Wildman–Crippen LogP) is 2.09. The first-order chi connectivity index (χ1) is 11.3. The van der Waals surface area contributed by atoms with Crippen molar-refractivity contribution in [2.45, 2.75) is 18.9 Å². The molecule has 0 unspecified atom stereocenters. The van der Waals surface area contributed by atoms with E-state index in [0.29, 0.717) is 28.6 Å². The van der Waals surface area contributed by atoms with Crippen LogP contribution in [0.15, 0.2) is 36.9 Å². The Morgan fingerprint density at radius 1 is 1.30 bits per heavy atom. The summed E-state index contributed by atoms with van der Waals surface area (Å²) in [7, 11) is 0. The number of halogens is 1. The first-order valence-electron chi connectivity index (χ1n) is 7.73. The highest BCUT2D eigenvalue weighted by atomic mass is 19.1. The van der Waals surface area contributed by atoms with E-state index in [4.69, 9.17) is 0 Å². The number of anilines is 1. The summed E-state index contributed by atoms with van der Waals surface area (Å²) in [4.78, 5) is 8.82. The molecule has 1 aliphatic rings. The summed E-state index contributed by atoms with van der Waals surface area (Å²) in [5.74, 6) is 0.378. The van der Waals surface area contributed by atoms with E-state index in [0.717, 1.165) is 25.9 Å². The topological polar surface area (TPSA) is 67.1 Å². The highest BCUT2D eigenvalue weighted by Crippen LogP contribution is 2.25. The maximum Gasteiger partial charge on any atom is 0.149 e. The monoisotopic (exact) mass is 312 g/mol. The molecule has 2 N–H and O–H groups in total. The van der Waals surface area contributed by atoms with Gasteiger partial charge in [0.15, 0.2) is 0 Å². The van der Waals surface area contributed by atoms with Crippen LogP contribution in [0.4, 0.5) is 10.2 Å². The molecule has 0 saturated carbocycles. The molecule has 118 valence electrons. The molecule has 0 radical (unpaired) electrons. The fourth-order valence-corrected chi connectivity index (χ4v) is 2.94. The molecule has 1 aliphatic heterocycles. The van der Waals surface area contributed by atoms with Gasteiger partial charge in [-0.3, -0.25) is 4.98 Å². The lowest BCUT2D eigenvalue weighted by Gasteiger charge is -2.24. The van der Waals surface area contributed by atoms with Gasteiger partial charge in [-0.2, -0.15) is 5.10 Å². The second kappa shape index (κ2) is 5.92. The van der Waals surface area contributed by atoms with Crippen molar-refractivity contribution >= 4 is 11.3 Å². The second-order valence-electron chi connectivity index (χ2n) is 5.68. The third kappa shape index (κ3) is 2.75. The molecule has 1 saturated heterocycles. The van der Waals surface area contributed by atoms with Gasteiger partial charge in [-0.1, -0.05) is 0 Å². The van der Waals surface area contributed by atoms with Crippen LogP contribution in [-0.4, -0.2) is 38.7 Å². The summed E-state index contributed by atoms with van der Waals surface area (Å²) in [6.07, 6.45) is 8.90. The molecular formula is C16H17FN6. The Bertz CT molecular complexity index is 824. The van der Waals surface area contributed by atoms with E-state index in [2.05, 4.69) is 25.7 Å². The van der Waals surface area contributed by atoms with Crippen molar-refractivity contribution in [2.24, 2.45) is 0 Å². The fourth-order valence-electron chi connectivity index (χ4n) is 2.94. The van der Waals surface area contributed by atoms with Gasteiger partial charge >= 0.3 is 0 Å². The number of hydrogen-bond donors (Lipinski definition) is 2. The van der Waals surface area contributed by atoms with Gasteiger partial charge in [0, 0.05) is 18.8 Å². The number of rotatable bonds is 3. The number of hydrogen-bond acceptors (Lipinski definition) is 5. The number of nitrogens with zero attached hydrogens (tertiary/aromatic N) is 4. The Morgan fingerprint density at radius 3 is 3.13 bits per heavy atom. The van der Waals surface area contributed by atoms with Gasteiger partial charge in [-0.25, -0.2) is 13.9 Å². The molecule has 7 heteroatoms. The molecule has 23 heavy (non-hydrogen) atoms. The van der Waals surface area contributed by atoms with Crippen LogP contribution in [0, 0.1) is 5.82 Å². The average Bonchev–Trinajstić information content (AvgIpc) is 3.02. The Kier molecular flexibility index (Phi) is 3.63. The van der Waals surface area contributed by atoms with E-state index in [9.17, 15) is 4.39 Å². The highest BCUT2D eigenvalue weighted by molar-refractivity contribution is 5.78. The van der Waals surface area contributed by atoms with Gasteiger partial charge in [0.25, 0.3) is 0 Å². The Balaban J connectivity index is 1.67. The molecule has 4 heterocycles. The van der Waals surface area contributed by atoms with Crippen LogP contribution in [0.2, 0.25) is 0 Å². The SMILES string of the molecule is Fc1cccn2ncc(-c3cncc(N[C@@H]4CCCNC4)n3)c12. The number of pyridine rings is 1. The molecule has 1 atom stereocenters. The minimum absolute atomic E-state index is 0.323. The number of fused-ring (bicyclic) bond motifs is 1. The third-order valence-electron chi connectivity index (χ3n) is 4.05. The Hall–Kier alpha value is -2.54. The van der Waals surface area contributed by atoms with Crippen LogP contribution in [0.1, 0.15) is 12.8 Å². The minimum atomic E-state index is -0.323. The quantitative estimate of drug-likeness (QED) is 0.775. The standard InChI is InChI=1S/C16H17FN6/c17-13-4-2-6-23-16(13)12(8-20-23)14-9-19-10-15(22-14)21-11-3-1-5-18-7-11/h2,4,6,8-11,18H,1,3,5,7H2,(H,21,22)/t11-/m1/s1. The third-order valence-corrected chi connectivity index (χ3v) is 4.05. The number of aromatic nitrogens is 4. The summed E-state index contributed by atoms with van der Waals surface area (Å²) in [5.41, 5.74) is 1.66. The molecule has 3 aromatic heterocycles. The molecule has 6 nitrogen and oxygen atoms in total. The van der Waals surface area contributed by atoms with Gasteiger partial charge in [-0.05, 0) is 31.5 Å². The number of piperidine rings is 1. The van der Waals surface area contributed by atoms with Crippen molar-refractivity contribution in [1.29, 1.82) is 0 Å². The maximum absolute atomic E-state index is 14.1. The van der Waals surface area contributed by atoms with Crippen molar-refractivity contribution in [3.63, 3.8) is 0 Å². The van der Waals surface area contributed by atoms with E-state index in [1.54, 1.807) is 30.9 Å². The van der Waals surface area contributed by atoms with Crippen molar-refractivity contribution in [1.82, 2.24) is 24.9 Å². The maximum atomic E-state index is 14.1. The van der Waals surface area contributed by atoms with Crippen molar-refractivity contribution in [2.75, 3.05) is 18.4 Å². The first kappa shape index (κ1) is 14.1. The van der Waals surface area contributed by atoms with Crippen LogP contribution < -0.4 is 10.6 Å². The van der Waals surface area contributed by atoms with E-state index in [1.165, 1.54) is 10.6 Å². The summed E-state index contributed by atoms with van der Waals surface area (Å²) in [6, 6.07) is 3.39. The zero-order chi connectivity index (χ0) is 15.6. The van der Waals surface area contributed by atoms with Crippen LogP contribution in [0.5, 0.6) is 0 Å². The summed E-state index contributed by atoms with van der Waals surface area (Å²) < 4.78 is 15.6. The van der Waals surface area contributed by atoms with Gasteiger partial charge in [0.05, 0.1) is 29.8 Å². The molecule has 4 rings (SSSR count). The average molecular weight is 312 g/mol. The minimum Gasteiger partial charge on any atom is -0.365 e. The van der Waals surface area contributed by atoms with Gasteiger partial charge in [-0.15, -0.1) is 0 Å². The van der Waals surface area contributed by atoms with E-state index in [1.807, 2.05) is 0 Å². The van der Waals surface area contributed by atoms with Crippen molar-refractivity contribution in [3.05, 3.63) is 42.7 Å². The molecule has 3 aromatic rings. The normalized spacial score (nSPS) is 18.2. The molecule has 0 amide bonds. The fraction of sp³-hybridized carbons (Fsp3) is 0.312. The highest BCUT2D eigenvalue weighted by Gasteiger charge is 2.15. The molecule has 0 bridgehead atoms. The van der Waals surface area contributed by atoms with Crippen LogP contribution >= 0.6 is 0 Å². The van der Waals surface area contributed by atoms with Crippen molar-refractivity contribution < 1.29 is 4.39 Å². The lowest BCUT2D eigenvalue weighted by Crippen LogP contribution is -2.38. The smallest absolute Gasteiger partial charge is 0.149 e. The Labute approximate surface area is 132 Å². The largest absolute Gasteiger partial charge is 0.365 e.